The standard InChI is InChI=1S/C52H33N3/c1-2-12-34(13-3-1)39-16-10-17-40(32-39)35-24-26-38(27-25-35)51-45-22-8-9-23-46(45)53-52(54-51)41-18-11-19-42(33-41)55-47-30-28-36-14-4-6-20-43(36)49(47)50-44-21-7-5-15-37(44)29-31-48(50)55/h1-33H. The maximum absolute atomic E-state index is 5.31. The van der Waals surface area contributed by atoms with Crippen LogP contribution in [0.3, 0.4) is 0 Å². The van der Waals surface area contributed by atoms with E-state index in [4.69, 9.17) is 9.97 Å². The van der Waals surface area contributed by atoms with Crippen LogP contribution in [0.1, 0.15) is 0 Å². The van der Waals surface area contributed by atoms with Crippen LogP contribution in [-0.2, 0) is 0 Å². The number of para-hydroxylation sites is 1. The van der Waals surface area contributed by atoms with Gasteiger partial charge in [0.05, 0.1) is 22.2 Å². The molecule has 11 aromatic rings. The van der Waals surface area contributed by atoms with Gasteiger partial charge in [-0.15, -0.1) is 0 Å². The number of fused-ring (bicyclic) bond motifs is 8. The Morgan fingerprint density at radius 2 is 0.855 bits per heavy atom. The number of nitrogens with zero attached hydrogens (tertiary/aromatic N) is 3. The summed E-state index contributed by atoms with van der Waals surface area (Å²) in [5.74, 6) is 0.701. The molecule has 55 heavy (non-hydrogen) atoms. The van der Waals surface area contributed by atoms with Crippen LogP contribution in [0.15, 0.2) is 200 Å². The highest BCUT2D eigenvalue weighted by molar-refractivity contribution is 6.28. The zero-order chi connectivity index (χ0) is 36.3. The van der Waals surface area contributed by atoms with E-state index in [0.717, 1.165) is 33.4 Å². The van der Waals surface area contributed by atoms with E-state index < -0.39 is 0 Å². The molecule has 3 nitrogen and oxygen atoms in total. The number of hydrogen-bond donors (Lipinski definition) is 0. The molecule has 0 aliphatic carbocycles. The predicted octanol–water partition coefficient (Wildman–Crippen LogP) is 13.7. The van der Waals surface area contributed by atoms with Crippen LogP contribution in [0.5, 0.6) is 0 Å². The Balaban J connectivity index is 1.05. The number of hydrogen-bond acceptors (Lipinski definition) is 2. The van der Waals surface area contributed by atoms with Crippen LogP contribution < -0.4 is 0 Å². The van der Waals surface area contributed by atoms with Crippen LogP contribution >= 0.6 is 0 Å². The van der Waals surface area contributed by atoms with E-state index in [2.05, 4.69) is 205 Å². The fraction of sp³-hybridized carbons (Fsp3) is 0. The first kappa shape index (κ1) is 31.2. The summed E-state index contributed by atoms with van der Waals surface area (Å²) < 4.78 is 2.40. The van der Waals surface area contributed by atoms with E-state index in [1.165, 1.54) is 65.6 Å². The van der Waals surface area contributed by atoms with Gasteiger partial charge in [0.15, 0.2) is 5.82 Å². The molecule has 0 unspecified atom stereocenters. The van der Waals surface area contributed by atoms with Crippen molar-refractivity contribution in [1.29, 1.82) is 0 Å². The summed E-state index contributed by atoms with van der Waals surface area (Å²) in [5, 5.41) is 8.57. The Hall–Kier alpha value is -7.36. The monoisotopic (exact) mass is 699 g/mol. The van der Waals surface area contributed by atoms with Gasteiger partial charge in [-0.05, 0) is 80.2 Å². The zero-order valence-corrected chi connectivity index (χ0v) is 29.9. The van der Waals surface area contributed by atoms with Crippen molar-refractivity contribution in [2.45, 2.75) is 0 Å². The summed E-state index contributed by atoms with van der Waals surface area (Å²) in [6.07, 6.45) is 0. The van der Waals surface area contributed by atoms with Crippen LogP contribution in [0, 0.1) is 0 Å². The van der Waals surface area contributed by atoms with Gasteiger partial charge >= 0.3 is 0 Å². The molecule has 0 aliphatic heterocycles. The minimum Gasteiger partial charge on any atom is -0.309 e. The molecule has 0 saturated carbocycles. The summed E-state index contributed by atoms with van der Waals surface area (Å²) in [7, 11) is 0. The molecule has 0 N–H and O–H groups in total. The van der Waals surface area contributed by atoms with Crippen molar-refractivity contribution >= 4 is 54.3 Å². The van der Waals surface area contributed by atoms with Gasteiger partial charge in [-0.3, -0.25) is 0 Å². The topological polar surface area (TPSA) is 30.7 Å². The normalized spacial score (nSPS) is 11.6. The SMILES string of the molecule is c1ccc(-c2cccc(-c3ccc(-c4nc(-c5cccc(-n6c7ccc8ccccc8c7c7c8ccccc8ccc76)c5)nc5ccccc45)cc3)c2)cc1. The molecule has 0 radical (unpaired) electrons. The van der Waals surface area contributed by atoms with E-state index in [1.807, 2.05) is 0 Å². The van der Waals surface area contributed by atoms with Gasteiger partial charge in [-0.25, -0.2) is 9.97 Å². The molecule has 11 rings (SSSR count). The number of benzene rings is 9. The van der Waals surface area contributed by atoms with Crippen molar-refractivity contribution in [3.05, 3.63) is 200 Å². The summed E-state index contributed by atoms with van der Waals surface area (Å²) in [5.41, 5.74) is 12.1. The van der Waals surface area contributed by atoms with Gasteiger partial charge < -0.3 is 4.57 Å². The van der Waals surface area contributed by atoms with Crippen LogP contribution in [0.4, 0.5) is 0 Å². The molecule has 0 saturated heterocycles. The van der Waals surface area contributed by atoms with Crippen molar-refractivity contribution in [2.75, 3.05) is 0 Å². The second-order valence-electron chi connectivity index (χ2n) is 14.2. The summed E-state index contributed by atoms with van der Waals surface area (Å²) >= 11 is 0. The first-order valence-corrected chi connectivity index (χ1v) is 18.7. The van der Waals surface area contributed by atoms with Crippen molar-refractivity contribution < 1.29 is 0 Å². The van der Waals surface area contributed by atoms with Gasteiger partial charge in [0.2, 0.25) is 0 Å². The summed E-state index contributed by atoms with van der Waals surface area (Å²) in [6.45, 7) is 0. The van der Waals surface area contributed by atoms with E-state index in [0.29, 0.717) is 5.82 Å². The highest BCUT2D eigenvalue weighted by atomic mass is 15.0. The molecule has 9 aromatic carbocycles. The molecule has 256 valence electrons. The minimum absolute atomic E-state index is 0.701. The maximum Gasteiger partial charge on any atom is 0.160 e. The summed E-state index contributed by atoms with van der Waals surface area (Å²) in [4.78, 5) is 10.4. The van der Waals surface area contributed by atoms with Crippen molar-refractivity contribution in [3.63, 3.8) is 0 Å². The van der Waals surface area contributed by atoms with Crippen molar-refractivity contribution in [1.82, 2.24) is 14.5 Å². The second kappa shape index (κ2) is 12.6. The Morgan fingerprint density at radius 3 is 1.55 bits per heavy atom. The first-order chi connectivity index (χ1) is 27.3. The van der Waals surface area contributed by atoms with Gasteiger partial charge in [-0.1, -0.05) is 164 Å². The van der Waals surface area contributed by atoms with Crippen LogP contribution in [-0.4, -0.2) is 14.5 Å². The predicted molar refractivity (Wildman–Crippen MR) is 231 cm³/mol. The highest BCUT2D eigenvalue weighted by Gasteiger charge is 2.18. The quantitative estimate of drug-likeness (QED) is 0.179. The third kappa shape index (κ3) is 5.20. The van der Waals surface area contributed by atoms with E-state index >= 15 is 0 Å². The maximum atomic E-state index is 5.31. The Bertz CT molecular complexity index is 3160. The molecule has 2 aromatic heterocycles. The lowest BCUT2D eigenvalue weighted by Crippen LogP contribution is -1.98. The molecule has 2 heterocycles. The van der Waals surface area contributed by atoms with Gasteiger partial charge in [-0.2, -0.15) is 0 Å². The van der Waals surface area contributed by atoms with Crippen LogP contribution in [0.2, 0.25) is 0 Å². The molecule has 0 bridgehead atoms. The lowest BCUT2D eigenvalue weighted by atomic mass is 9.97. The molecule has 0 spiro atoms. The Kier molecular flexibility index (Phi) is 7.17. The molecule has 0 aliphatic rings. The smallest absolute Gasteiger partial charge is 0.160 e. The van der Waals surface area contributed by atoms with Gasteiger partial charge in [0.1, 0.15) is 0 Å². The van der Waals surface area contributed by atoms with Crippen molar-refractivity contribution in [2.24, 2.45) is 0 Å². The van der Waals surface area contributed by atoms with Crippen LogP contribution in [0.25, 0.3) is 105 Å². The number of aromatic nitrogens is 3. The molecular formula is C52H33N3. The molecular weight excluding hydrogens is 667 g/mol. The molecule has 0 amide bonds. The fourth-order valence-electron chi connectivity index (χ4n) is 8.37. The molecule has 0 atom stereocenters. The third-order valence-corrected chi connectivity index (χ3v) is 11.0. The Labute approximate surface area is 318 Å². The summed E-state index contributed by atoms with van der Waals surface area (Å²) in [6, 6.07) is 71.5. The second-order valence-corrected chi connectivity index (χ2v) is 14.2. The fourth-order valence-corrected chi connectivity index (χ4v) is 8.37. The Morgan fingerprint density at radius 1 is 0.327 bits per heavy atom. The lowest BCUT2D eigenvalue weighted by molar-refractivity contribution is 1.17. The van der Waals surface area contributed by atoms with Crippen molar-refractivity contribution in [3.8, 4) is 50.6 Å². The zero-order valence-electron chi connectivity index (χ0n) is 29.9. The lowest BCUT2D eigenvalue weighted by Gasteiger charge is -2.13. The molecule has 0 fully saturated rings. The van der Waals surface area contributed by atoms with E-state index in [1.54, 1.807) is 0 Å². The average Bonchev–Trinajstić information content (AvgIpc) is 3.62. The van der Waals surface area contributed by atoms with E-state index in [9.17, 15) is 0 Å². The average molecular weight is 700 g/mol. The number of rotatable bonds is 5. The highest BCUT2D eigenvalue weighted by Crippen LogP contribution is 2.41. The van der Waals surface area contributed by atoms with Gasteiger partial charge in [0.25, 0.3) is 0 Å². The molecule has 3 heteroatoms. The third-order valence-electron chi connectivity index (χ3n) is 11.0. The van der Waals surface area contributed by atoms with Gasteiger partial charge in [0, 0.05) is 33.0 Å². The first-order valence-electron chi connectivity index (χ1n) is 18.7. The largest absolute Gasteiger partial charge is 0.309 e. The minimum atomic E-state index is 0.701. The van der Waals surface area contributed by atoms with E-state index in [-0.39, 0.29) is 0 Å².